The zero-order valence-electron chi connectivity index (χ0n) is 10.1. The average molecular weight is 286 g/mol. The minimum atomic E-state index is -0.980. The zero-order chi connectivity index (χ0) is 14.0. The molecule has 0 atom stereocenters. The molecule has 1 aromatic carbocycles. The van der Waals surface area contributed by atoms with Crippen molar-refractivity contribution < 1.29 is 19.1 Å². The number of halogens is 2. The summed E-state index contributed by atoms with van der Waals surface area (Å²) in [6.45, 7) is 0. The van der Waals surface area contributed by atoms with Gasteiger partial charge in [-0.2, -0.15) is 0 Å². The predicted molar refractivity (Wildman–Crippen MR) is 67.7 cm³/mol. The molecule has 0 heterocycles. The average Bonchev–Trinajstić information content (AvgIpc) is 2.29. The van der Waals surface area contributed by atoms with Gasteiger partial charge in [-0.3, -0.25) is 9.59 Å². The Balaban J connectivity index is 2.16. The lowest BCUT2D eigenvalue weighted by atomic mass is 9.74. The van der Waals surface area contributed by atoms with E-state index in [0.717, 1.165) is 6.42 Å². The number of nitrogens with one attached hydrogen (secondary N) is 1. The van der Waals surface area contributed by atoms with Gasteiger partial charge < -0.3 is 10.4 Å². The van der Waals surface area contributed by atoms with E-state index in [1.165, 1.54) is 18.2 Å². The van der Waals surface area contributed by atoms with Crippen LogP contribution in [0.3, 0.4) is 0 Å². The van der Waals surface area contributed by atoms with Gasteiger partial charge in [-0.25, -0.2) is 4.39 Å². The molecule has 102 valence electrons. The van der Waals surface area contributed by atoms with E-state index in [1.807, 2.05) is 0 Å². The van der Waals surface area contributed by atoms with E-state index in [2.05, 4.69) is 5.32 Å². The van der Waals surface area contributed by atoms with Gasteiger partial charge in [0.25, 0.3) is 5.91 Å². The number of carbonyl (C=O) groups excluding carboxylic acids is 1. The van der Waals surface area contributed by atoms with Crippen LogP contribution < -0.4 is 5.32 Å². The molecule has 1 amide bonds. The quantitative estimate of drug-likeness (QED) is 0.893. The Kier molecular flexibility index (Phi) is 3.75. The molecule has 0 spiro atoms. The third kappa shape index (κ3) is 2.87. The van der Waals surface area contributed by atoms with Crippen LogP contribution >= 0.6 is 11.6 Å². The molecule has 2 rings (SSSR count). The molecule has 0 bridgehead atoms. The molecule has 0 unspecified atom stereocenters. The van der Waals surface area contributed by atoms with Crippen molar-refractivity contribution in [1.29, 1.82) is 0 Å². The van der Waals surface area contributed by atoms with Gasteiger partial charge in [0.15, 0.2) is 5.82 Å². The standard InChI is InChI=1S/C13H13ClFNO3/c14-9-4-1-3-8(11(9)15)12(19)16-13(5-2-6-13)7-10(17)18/h1,3-4H,2,5-7H2,(H,16,19)(H,17,18). The van der Waals surface area contributed by atoms with Crippen LogP contribution in [0.4, 0.5) is 4.39 Å². The summed E-state index contributed by atoms with van der Waals surface area (Å²) in [5.74, 6) is -2.39. The Bertz CT molecular complexity index is 529. The molecule has 4 nitrogen and oxygen atoms in total. The summed E-state index contributed by atoms with van der Waals surface area (Å²) in [5.41, 5.74) is -0.915. The SMILES string of the molecule is O=C(O)CC1(NC(=O)c2cccc(Cl)c2F)CCC1. The minimum Gasteiger partial charge on any atom is -0.481 e. The lowest BCUT2D eigenvalue weighted by molar-refractivity contribution is -0.139. The smallest absolute Gasteiger partial charge is 0.305 e. The topological polar surface area (TPSA) is 66.4 Å². The van der Waals surface area contributed by atoms with Gasteiger partial charge in [0.05, 0.1) is 22.5 Å². The third-order valence-electron chi connectivity index (χ3n) is 3.38. The van der Waals surface area contributed by atoms with Crippen molar-refractivity contribution in [2.75, 3.05) is 0 Å². The van der Waals surface area contributed by atoms with Gasteiger partial charge in [-0.05, 0) is 31.4 Å². The Labute approximate surface area is 114 Å². The molecule has 1 aliphatic rings. The lowest BCUT2D eigenvalue weighted by Crippen LogP contribution is -2.54. The first-order chi connectivity index (χ1) is 8.93. The summed E-state index contributed by atoms with van der Waals surface area (Å²) in [6.07, 6.45) is 1.88. The molecule has 1 aromatic rings. The van der Waals surface area contributed by atoms with Gasteiger partial charge in [0, 0.05) is 0 Å². The number of benzene rings is 1. The summed E-state index contributed by atoms with van der Waals surface area (Å²) in [6, 6.07) is 4.15. The second kappa shape index (κ2) is 5.17. The highest BCUT2D eigenvalue weighted by Gasteiger charge is 2.40. The normalized spacial score (nSPS) is 16.5. The molecule has 0 aliphatic heterocycles. The first-order valence-electron chi connectivity index (χ1n) is 5.92. The van der Waals surface area contributed by atoms with Crippen molar-refractivity contribution in [3.05, 3.63) is 34.6 Å². The van der Waals surface area contributed by atoms with E-state index in [-0.39, 0.29) is 17.0 Å². The van der Waals surface area contributed by atoms with E-state index in [4.69, 9.17) is 16.7 Å². The summed E-state index contributed by atoms with van der Waals surface area (Å²) >= 11 is 5.61. The van der Waals surface area contributed by atoms with E-state index < -0.39 is 23.2 Å². The maximum Gasteiger partial charge on any atom is 0.305 e. The number of rotatable bonds is 4. The highest BCUT2D eigenvalue weighted by atomic mass is 35.5. The third-order valence-corrected chi connectivity index (χ3v) is 3.67. The Morgan fingerprint density at radius 3 is 2.63 bits per heavy atom. The number of amides is 1. The summed E-state index contributed by atoms with van der Waals surface area (Å²) in [4.78, 5) is 22.8. The van der Waals surface area contributed by atoms with E-state index in [1.54, 1.807) is 0 Å². The first kappa shape index (κ1) is 13.8. The van der Waals surface area contributed by atoms with Crippen LogP contribution in [0.1, 0.15) is 36.0 Å². The molecule has 2 N–H and O–H groups in total. The number of hydrogen-bond acceptors (Lipinski definition) is 2. The molecule has 1 fully saturated rings. The Hall–Kier alpha value is -1.62. The van der Waals surface area contributed by atoms with E-state index in [0.29, 0.717) is 12.8 Å². The number of hydrogen-bond donors (Lipinski definition) is 2. The van der Waals surface area contributed by atoms with Crippen LogP contribution in [0.15, 0.2) is 18.2 Å². The summed E-state index contributed by atoms with van der Waals surface area (Å²) in [5, 5.41) is 11.3. The predicted octanol–water partition coefficient (Wildman–Crippen LogP) is 2.61. The van der Waals surface area contributed by atoms with Gasteiger partial charge in [0.2, 0.25) is 0 Å². The monoisotopic (exact) mass is 285 g/mol. The number of carbonyl (C=O) groups is 2. The fraction of sp³-hybridized carbons (Fsp3) is 0.385. The number of carboxylic acids is 1. The molecule has 0 saturated heterocycles. The van der Waals surface area contributed by atoms with Gasteiger partial charge >= 0.3 is 5.97 Å². The van der Waals surface area contributed by atoms with E-state index in [9.17, 15) is 14.0 Å². The van der Waals surface area contributed by atoms with Crippen molar-refractivity contribution >= 4 is 23.5 Å². The number of aliphatic carboxylic acids is 1. The van der Waals surface area contributed by atoms with Crippen LogP contribution in [0, 0.1) is 5.82 Å². The Morgan fingerprint density at radius 2 is 2.11 bits per heavy atom. The molecular formula is C13H13ClFNO3. The maximum atomic E-state index is 13.7. The largest absolute Gasteiger partial charge is 0.481 e. The van der Waals surface area contributed by atoms with Crippen molar-refractivity contribution in [2.24, 2.45) is 0 Å². The second-order valence-electron chi connectivity index (χ2n) is 4.76. The lowest BCUT2D eigenvalue weighted by Gasteiger charge is -2.41. The highest BCUT2D eigenvalue weighted by Crippen LogP contribution is 2.35. The van der Waals surface area contributed by atoms with Crippen LogP contribution in [0.5, 0.6) is 0 Å². The summed E-state index contributed by atoms with van der Waals surface area (Å²) in [7, 11) is 0. The van der Waals surface area contributed by atoms with Gasteiger partial charge in [-0.15, -0.1) is 0 Å². The van der Waals surface area contributed by atoms with Gasteiger partial charge in [0.1, 0.15) is 0 Å². The van der Waals surface area contributed by atoms with Crippen LogP contribution in [-0.4, -0.2) is 22.5 Å². The van der Waals surface area contributed by atoms with Crippen molar-refractivity contribution in [3.63, 3.8) is 0 Å². The van der Waals surface area contributed by atoms with Gasteiger partial charge in [-0.1, -0.05) is 17.7 Å². The molecule has 0 aromatic heterocycles. The maximum absolute atomic E-state index is 13.7. The van der Waals surface area contributed by atoms with Crippen LogP contribution in [-0.2, 0) is 4.79 Å². The molecule has 6 heteroatoms. The van der Waals surface area contributed by atoms with Crippen LogP contribution in [0.2, 0.25) is 5.02 Å². The van der Waals surface area contributed by atoms with Crippen molar-refractivity contribution in [2.45, 2.75) is 31.2 Å². The van der Waals surface area contributed by atoms with E-state index >= 15 is 0 Å². The molecular weight excluding hydrogens is 273 g/mol. The molecule has 19 heavy (non-hydrogen) atoms. The summed E-state index contributed by atoms with van der Waals surface area (Å²) < 4.78 is 13.7. The fourth-order valence-electron chi connectivity index (χ4n) is 2.23. The highest BCUT2D eigenvalue weighted by molar-refractivity contribution is 6.31. The van der Waals surface area contributed by atoms with Crippen LogP contribution in [0.25, 0.3) is 0 Å². The van der Waals surface area contributed by atoms with Crippen molar-refractivity contribution in [1.82, 2.24) is 5.32 Å². The minimum absolute atomic E-state index is 0.131. The second-order valence-corrected chi connectivity index (χ2v) is 5.17. The zero-order valence-corrected chi connectivity index (χ0v) is 10.8. The molecule has 0 radical (unpaired) electrons. The molecule has 1 aliphatic carbocycles. The fourth-order valence-corrected chi connectivity index (χ4v) is 2.40. The first-order valence-corrected chi connectivity index (χ1v) is 6.30. The Morgan fingerprint density at radius 1 is 1.42 bits per heavy atom. The number of carboxylic acid groups (broad SMARTS) is 1. The van der Waals surface area contributed by atoms with Crippen molar-refractivity contribution in [3.8, 4) is 0 Å². The molecule has 1 saturated carbocycles.